The maximum absolute atomic E-state index is 2.32. The molecule has 0 aliphatic heterocycles. The van der Waals surface area contributed by atoms with Gasteiger partial charge in [-0.25, -0.2) is 0 Å². The summed E-state index contributed by atoms with van der Waals surface area (Å²) in [5.74, 6) is 0. The number of benzene rings is 1. The first-order valence-corrected chi connectivity index (χ1v) is 5.65. The second-order valence-corrected chi connectivity index (χ2v) is 4.61. The van der Waals surface area contributed by atoms with Crippen molar-refractivity contribution in [1.29, 1.82) is 0 Å². The third-order valence-electron chi connectivity index (χ3n) is 3.20. The van der Waals surface area contributed by atoms with Gasteiger partial charge in [0.2, 0.25) is 0 Å². The molecule has 1 aromatic heterocycles. The average molecular weight is 209 g/mol. The average Bonchev–Trinajstić information content (AvgIpc) is 2.82. The van der Waals surface area contributed by atoms with Crippen molar-refractivity contribution in [2.45, 2.75) is 13.3 Å². The van der Waals surface area contributed by atoms with Gasteiger partial charge < -0.3 is 4.57 Å². The Kier molecular flexibility index (Phi) is 2.00. The lowest BCUT2D eigenvalue weighted by Crippen LogP contribution is -1.86. The van der Waals surface area contributed by atoms with E-state index in [4.69, 9.17) is 0 Å². The molecular weight excluding hydrogens is 194 g/mol. The van der Waals surface area contributed by atoms with Gasteiger partial charge in [0.1, 0.15) is 0 Å². The molecule has 16 heavy (non-hydrogen) atoms. The highest BCUT2D eigenvalue weighted by Crippen LogP contribution is 2.33. The van der Waals surface area contributed by atoms with Gasteiger partial charge in [0.25, 0.3) is 0 Å². The van der Waals surface area contributed by atoms with E-state index in [0.717, 1.165) is 6.42 Å². The van der Waals surface area contributed by atoms with Crippen LogP contribution in [0.2, 0.25) is 0 Å². The summed E-state index contributed by atoms with van der Waals surface area (Å²) in [5.41, 5.74) is 6.99. The lowest BCUT2D eigenvalue weighted by Gasteiger charge is -2.05. The monoisotopic (exact) mass is 209 g/mol. The molecule has 1 aromatic carbocycles. The van der Waals surface area contributed by atoms with Crippen LogP contribution >= 0.6 is 0 Å². The van der Waals surface area contributed by atoms with E-state index >= 15 is 0 Å². The summed E-state index contributed by atoms with van der Waals surface area (Å²) in [6.07, 6.45) is 7.70. The fraction of sp³-hybridized carbons (Fsp3) is 0.200. The smallest absolute Gasteiger partial charge is 0.0111 e. The van der Waals surface area contributed by atoms with E-state index in [1.54, 1.807) is 0 Å². The SMILES string of the molecule is CC1=Cc2c(cccc2-c2ccn(C)c2)C1. The van der Waals surface area contributed by atoms with Gasteiger partial charge in [0.05, 0.1) is 0 Å². The summed E-state index contributed by atoms with van der Waals surface area (Å²) in [6.45, 7) is 2.20. The van der Waals surface area contributed by atoms with Crippen molar-refractivity contribution in [3.8, 4) is 11.1 Å². The van der Waals surface area contributed by atoms with Crippen molar-refractivity contribution < 1.29 is 0 Å². The number of hydrogen-bond acceptors (Lipinski definition) is 0. The number of nitrogens with zero attached hydrogens (tertiary/aromatic N) is 1. The Hall–Kier alpha value is -1.76. The van der Waals surface area contributed by atoms with Crippen LogP contribution in [0.3, 0.4) is 0 Å². The van der Waals surface area contributed by atoms with Crippen molar-refractivity contribution in [3.63, 3.8) is 0 Å². The molecule has 1 heteroatoms. The summed E-state index contributed by atoms with van der Waals surface area (Å²) in [4.78, 5) is 0. The van der Waals surface area contributed by atoms with E-state index < -0.39 is 0 Å². The number of aryl methyl sites for hydroxylation is 1. The highest BCUT2D eigenvalue weighted by molar-refractivity contribution is 5.80. The van der Waals surface area contributed by atoms with Crippen LogP contribution in [0.25, 0.3) is 17.2 Å². The minimum atomic E-state index is 1.11. The molecule has 0 unspecified atom stereocenters. The van der Waals surface area contributed by atoms with Crippen LogP contribution < -0.4 is 0 Å². The molecule has 0 fully saturated rings. The number of hydrogen-bond donors (Lipinski definition) is 0. The summed E-state index contributed by atoms with van der Waals surface area (Å²) >= 11 is 0. The van der Waals surface area contributed by atoms with Crippen LogP contribution in [0.4, 0.5) is 0 Å². The maximum atomic E-state index is 2.32. The molecule has 1 aliphatic rings. The zero-order valence-electron chi connectivity index (χ0n) is 9.70. The molecule has 0 saturated heterocycles. The van der Waals surface area contributed by atoms with E-state index in [0.29, 0.717) is 0 Å². The van der Waals surface area contributed by atoms with Crippen LogP contribution in [0.5, 0.6) is 0 Å². The van der Waals surface area contributed by atoms with E-state index in [9.17, 15) is 0 Å². The normalized spacial score (nSPS) is 13.8. The Morgan fingerprint density at radius 2 is 2.06 bits per heavy atom. The van der Waals surface area contributed by atoms with Crippen molar-refractivity contribution in [2.75, 3.05) is 0 Å². The highest BCUT2D eigenvalue weighted by atomic mass is 14.9. The van der Waals surface area contributed by atoms with Crippen LogP contribution in [0.15, 0.2) is 42.2 Å². The molecule has 1 aliphatic carbocycles. The fourth-order valence-corrected chi connectivity index (χ4v) is 2.45. The van der Waals surface area contributed by atoms with Crippen molar-refractivity contribution in [2.24, 2.45) is 7.05 Å². The molecule has 0 saturated carbocycles. The number of fused-ring (bicyclic) bond motifs is 1. The third kappa shape index (κ3) is 1.40. The Balaban J connectivity index is 2.19. The van der Waals surface area contributed by atoms with Crippen LogP contribution in [0, 0.1) is 0 Å². The number of allylic oxidation sites excluding steroid dienone is 1. The van der Waals surface area contributed by atoms with Gasteiger partial charge in [-0.2, -0.15) is 0 Å². The Labute approximate surface area is 96.0 Å². The lowest BCUT2D eigenvalue weighted by atomic mass is 9.99. The molecule has 0 spiro atoms. The molecule has 1 heterocycles. The molecule has 1 nitrogen and oxygen atoms in total. The standard InChI is InChI=1S/C15H15N/c1-11-8-12-4-3-5-14(15(12)9-11)13-6-7-16(2)10-13/h3-7,9-10H,8H2,1-2H3. The molecule has 2 aromatic rings. The summed E-state index contributed by atoms with van der Waals surface area (Å²) in [5, 5.41) is 0. The minimum absolute atomic E-state index is 1.11. The summed E-state index contributed by atoms with van der Waals surface area (Å²) in [7, 11) is 2.06. The van der Waals surface area contributed by atoms with E-state index in [1.807, 2.05) is 0 Å². The van der Waals surface area contributed by atoms with Crippen molar-refractivity contribution in [3.05, 3.63) is 53.4 Å². The van der Waals surface area contributed by atoms with Gasteiger partial charge in [0.15, 0.2) is 0 Å². The van der Waals surface area contributed by atoms with Gasteiger partial charge in [-0.15, -0.1) is 0 Å². The molecule has 80 valence electrons. The zero-order valence-corrected chi connectivity index (χ0v) is 9.70. The van der Waals surface area contributed by atoms with Crippen LogP contribution in [0.1, 0.15) is 18.1 Å². The Morgan fingerprint density at radius 3 is 2.81 bits per heavy atom. The van der Waals surface area contributed by atoms with Gasteiger partial charge in [0, 0.05) is 19.4 Å². The van der Waals surface area contributed by atoms with Gasteiger partial charge in [-0.3, -0.25) is 0 Å². The Bertz CT molecular complexity index is 573. The minimum Gasteiger partial charge on any atom is -0.357 e. The topological polar surface area (TPSA) is 4.93 Å². The Morgan fingerprint density at radius 1 is 1.19 bits per heavy atom. The van der Waals surface area contributed by atoms with E-state index in [1.165, 1.54) is 27.8 Å². The molecule has 0 amide bonds. The van der Waals surface area contributed by atoms with Gasteiger partial charge in [-0.05, 0) is 41.7 Å². The lowest BCUT2D eigenvalue weighted by molar-refractivity contribution is 0.928. The van der Waals surface area contributed by atoms with Crippen molar-refractivity contribution in [1.82, 2.24) is 4.57 Å². The quantitative estimate of drug-likeness (QED) is 0.675. The fourth-order valence-electron chi connectivity index (χ4n) is 2.45. The van der Waals surface area contributed by atoms with Crippen LogP contribution in [-0.4, -0.2) is 4.57 Å². The third-order valence-corrected chi connectivity index (χ3v) is 3.20. The van der Waals surface area contributed by atoms with Gasteiger partial charge in [-0.1, -0.05) is 29.8 Å². The van der Waals surface area contributed by atoms with Gasteiger partial charge >= 0.3 is 0 Å². The number of rotatable bonds is 1. The number of aromatic nitrogens is 1. The van der Waals surface area contributed by atoms with Crippen LogP contribution in [-0.2, 0) is 13.5 Å². The molecule has 0 bridgehead atoms. The zero-order chi connectivity index (χ0) is 11.1. The first-order chi connectivity index (χ1) is 7.74. The molecule has 0 N–H and O–H groups in total. The molecular formula is C15H15N. The predicted octanol–water partition coefficient (Wildman–Crippen LogP) is 3.65. The first-order valence-electron chi connectivity index (χ1n) is 5.65. The van der Waals surface area contributed by atoms with E-state index in [2.05, 4.69) is 61.3 Å². The first kappa shape index (κ1) is 9.46. The largest absolute Gasteiger partial charge is 0.357 e. The highest BCUT2D eigenvalue weighted by Gasteiger charge is 2.14. The second kappa shape index (κ2) is 3.38. The summed E-state index contributed by atoms with van der Waals surface area (Å²) in [6, 6.07) is 8.78. The molecule has 3 rings (SSSR count). The second-order valence-electron chi connectivity index (χ2n) is 4.61. The van der Waals surface area contributed by atoms with Crippen molar-refractivity contribution >= 4 is 6.08 Å². The maximum Gasteiger partial charge on any atom is 0.0111 e. The van der Waals surface area contributed by atoms with E-state index in [-0.39, 0.29) is 0 Å². The molecule has 0 radical (unpaired) electrons. The summed E-state index contributed by atoms with van der Waals surface area (Å²) < 4.78 is 2.10. The molecule has 0 atom stereocenters. The predicted molar refractivity (Wildman–Crippen MR) is 68.2 cm³/mol.